The molecule has 2 aromatic rings. The maximum Gasteiger partial charge on any atom is 0.419 e. The van der Waals surface area contributed by atoms with Crippen molar-refractivity contribution >= 4 is 0 Å². The van der Waals surface area contributed by atoms with Crippen molar-refractivity contribution in [3.8, 4) is 0 Å². The number of alkyl halides is 3. The Labute approximate surface area is 106 Å². The largest absolute Gasteiger partial charge is 0.472 e. The second-order valence-corrected chi connectivity index (χ2v) is 4.15. The number of hydrogen-bond acceptors (Lipinski definition) is 2. The van der Waals surface area contributed by atoms with E-state index < -0.39 is 23.6 Å². The van der Waals surface area contributed by atoms with Crippen molar-refractivity contribution in [3.05, 3.63) is 59.3 Å². The quantitative estimate of drug-likeness (QED) is 0.866. The lowest BCUT2D eigenvalue weighted by Crippen LogP contribution is -2.18. The van der Waals surface area contributed by atoms with Gasteiger partial charge in [-0.2, -0.15) is 13.2 Å². The van der Waals surface area contributed by atoms with E-state index in [0.29, 0.717) is 11.6 Å². The zero-order valence-corrected chi connectivity index (χ0v) is 9.75. The predicted octanol–water partition coefficient (Wildman–Crippen LogP) is 3.68. The van der Waals surface area contributed by atoms with E-state index >= 15 is 0 Å². The maximum absolute atomic E-state index is 13.8. The summed E-state index contributed by atoms with van der Waals surface area (Å²) in [5, 5.41) is 0. The fourth-order valence-electron chi connectivity index (χ4n) is 1.83. The van der Waals surface area contributed by atoms with Gasteiger partial charge in [0.05, 0.1) is 18.1 Å². The van der Waals surface area contributed by atoms with Gasteiger partial charge in [0.25, 0.3) is 0 Å². The zero-order valence-electron chi connectivity index (χ0n) is 9.75. The maximum atomic E-state index is 13.8. The first-order chi connectivity index (χ1) is 8.89. The van der Waals surface area contributed by atoms with Crippen LogP contribution in [-0.4, -0.2) is 0 Å². The van der Waals surface area contributed by atoms with Crippen LogP contribution in [0.2, 0.25) is 0 Å². The first kappa shape index (κ1) is 13.6. The number of rotatable bonds is 3. The molecule has 0 fully saturated rings. The number of hydrogen-bond donors (Lipinski definition) is 1. The molecule has 1 atom stereocenters. The molecule has 2 rings (SSSR count). The Hall–Kier alpha value is -1.82. The van der Waals surface area contributed by atoms with Gasteiger partial charge in [-0.15, -0.1) is 0 Å². The lowest BCUT2D eigenvalue weighted by atomic mass is 9.98. The van der Waals surface area contributed by atoms with Gasteiger partial charge in [0.15, 0.2) is 0 Å². The van der Waals surface area contributed by atoms with Crippen molar-refractivity contribution in [2.75, 3.05) is 0 Å². The lowest BCUT2D eigenvalue weighted by molar-refractivity contribution is -0.140. The van der Waals surface area contributed by atoms with Crippen LogP contribution < -0.4 is 5.73 Å². The van der Waals surface area contributed by atoms with Crippen LogP contribution in [0, 0.1) is 5.82 Å². The highest BCUT2D eigenvalue weighted by atomic mass is 19.4. The monoisotopic (exact) mass is 273 g/mol. The fraction of sp³-hybridized carbons (Fsp3) is 0.231. The van der Waals surface area contributed by atoms with Crippen molar-refractivity contribution in [1.82, 2.24) is 0 Å². The van der Waals surface area contributed by atoms with Gasteiger partial charge in [-0.3, -0.25) is 0 Å². The number of benzene rings is 1. The molecule has 0 saturated carbocycles. The van der Waals surface area contributed by atoms with Gasteiger partial charge >= 0.3 is 6.18 Å². The molecule has 1 unspecified atom stereocenters. The molecule has 1 heterocycles. The summed E-state index contributed by atoms with van der Waals surface area (Å²) in [6.45, 7) is 0. The molecule has 102 valence electrons. The van der Waals surface area contributed by atoms with E-state index in [1.54, 1.807) is 6.07 Å². The van der Waals surface area contributed by atoms with E-state index in [0.717, 1.165) is 6.07 Å². The van der Waals surface area contributed by atoms with Crippen molar-refractivity contribution in [2.24, 2.45) is 5.73 Å². The Bertz CT molecular complexity index is 548. The van der Waals surface area contributed by atoms with E-state index in [-0.39, 0.29) is 12.0 Å². The molecule has 2 nitrogen and oxygen atoms in total. The van der Waals surface area contributed by atoms with Gasteiger partial charge in [-0.05, 0) is 24.1 Å². The molecule has 0 bridgehead atoms. The van der Waals surface area contributed by atoms with E-state index in [9.17, 15) is 17.6 Å². The Morgan fingerprint density at radius 3 is 2.53 bits per heavy atom. The van der Waals surface area contributed by atoms with Crippen LogP contribution in [0.15, 0.2) is 41.2 Å². The van der Waals surface area contributed by atoms with Crippen molar-refractivity contribution < 1.29 is 22.0 Å². The van der Waals surface area contributed by atoms with Gasteiger partial charge in [0.2, 0.25) is 0 Å². The van der Waals surface area contributed by atoms with Crippen LogP contribution in [-0.2, 0) is 12.6 Å². The summed E-state index contributed by atoms with van der Waals surface area (Å²) in [6, 6.07) is 3.88. The topological polar surface area (TPSA) is 39.2 Å². The molecule has 0 aliphatic heterocycles. The summed E-state index contributed by atoms with van der Waals surface area (Å²) in [4.78, 5) is 0. The first-order valence-corrected chi connectivity index (χ1v) is 5.52. The molecule has 6 heteroatoms. The normalized spacial score (nSPS) is 13.5. The third-order valence-corrected chi connectivity index (χ3v) is 2.77. The van der Waals surface area contributed by atoms with Crippen molar-refractivity contribution in [3.63, 3.8) is 0 Å². The molecule has 1 aromatic carbocycles. The fourth-order valence-corrected chi connectivity index (χ4v) is 1.83. The Balaban J connectivity index is 2.30. The Morgan fingerprint density at radius 1 is 1.21 bits per heavy atom. The first-order valence-electron chi connectivity index (χ1n) is 5.52. The van der Waals surface area contributed by atoms with E-state index in [1.165, 1.54) is 18.6 Å². The summed E-state index contributed by atoms with van der Waals surface area (Å²) in [5.74, 6) is -1.31. The van der Waals surface area contributed by atoms with Gasteiger partial charge in [-0.1, -0.05) is 12.1 Å². The SMILES string of the molecule is NC(Cc1ccoc1)c1cccc(C(F)(F)F)c1F. The lowest BCUT2D eigenvalue weighted by Gasteiger charge is -2.15. The molecule has 0 aliphatic carbocycles. The Morgan fingerprint density at radius 2 is 1.95 bits per heavy atom. The smallest absolute Gasteiger partial charge is 0.419 e. The van der Waals surface area contributed by atoms with Crippen LogP contribution in [0.3, 0.4) is 0 Å². The van der Waals surface area contributed by atoms with Crippen LogP contribution in [0.5, 0.6) is 0 Å². The molecule has 0 aliphatic rings. The van der Waals surface area contributed by atoms with Crippen LogP contribution in [0.25, 0.3) is 0 Å². The molecule has 0 amide bonds. The summed E-state index contributed by atoms with van der Waals surface area (Å²) in [7, 11) is 0. The van der Waals surface area contributed by atoms with Gasteiger partial charge in [0.1, 0.15) is 5.82 Å². The molecule has 0 radical (unpaired) electrons. The second-order valence-electron chi connectivity index (χ2n) is 4.15. The summed E-state index contributed by atoms with van der Waals surface area (Å²) in [6.07, 6.45) is -1.68. The number of nitrogens with two attached hydrogens (primary N) is 1. The third kappa shape index (κ3) is 2.96. The van der Waals surface area contributed by atoms with E-state index in [1.807, 2.05) is 0 Å². The van der Waals surface area contributed by atoms with Crippen LogP contribution in [0.4, 0.5) is 17.6 Å². The highest BCUT2D eigenvalue weighted by Crippen LogP contribution is 2.34. The number of furan rings is 1. The minimum atomic E-state index is -4.73. The molecule has 1 aromatic heterocycles. The third-order valence-electron chi connectivity index (χ3n) is 2.77. The molecule has 2 N–H and O–H groups in total. The highest BCUT2D eigenvalue weighted by molar-refractivity contribution is 5.31. The average Bonchev–Trinajstić information content (AvgIpc) is 2.80. The zero-order chi connectivity index (χ0) is 14.0. The summed E-state index contributed by atoms with van der Waals surface area (Å²) >= 11 is 0. The van der Waals surface area contributed by atoms with Crippen molar-refractivity contribution in [1.29, 1.82) is 0 Å². The summed E-state index contributed by atoms with van der Waals surface area (Å²) in [5.41, 5.74) is 4.99. The highest BCUT2D eigenvalue weighted by Gasteiger charge is 2.35. The average molecular weight is 273 g/mol. The van der Waals surface area contributed by atoms with E-state index in [2.05, 4.69) is 0 Å². The standard InChI is InChI=1S/C13H11F4NO/c14-12-9(2-1-3-10(12)13(15,16)17)11(18)6-8-4-5-19-7-8/h1-5,7,11H,6,18H2. The Kier molecular flexibility index (Phi) is 3.61. The molecule has 0 saturated heterocycles. The molecular weight excluding hydrogens is 262 g/mol. The predicted molar refractivity (Wildman–Crippen MR) is 60.7 cm³/mol. The molecular formula is C13H11F4NO. The molecule has 19 heavy (non-hydrogen) atoms. The minimum Gasteiger partial charge on any atom is -0.472 e. The van der Waals surface area contributed by atoms with Crippen molar-refractivity contribution in [2.45, 2.75) is 18.6 Å². The van der Waals surface area contributed by atoms with Crippen LogP contribution in [0.1, 0.15) is 22.7 Å². The van der Waals surface area contributed by atoms with Crippen LogP contribution >= 0.6 is 0 Å². The summed E-state index contributed by atoms with van der Waals surface area (Å²) < 4.78 is 56.4. The van der Waals surface area contributed by atoms with Gasteiger partial charge in [-0.25, -0.2) is 4.39 Å². The van der Waals surface area contributed by atoms with E-state index in [4.69, 9.17) is 10.2 Å². The number of halogens is 4. The second kappa shape index (κ2) is 5.05. The van der Waals surface area contributed by atoms with Gasteiger partial charge in [0, 0.05) is 11.6 Å². The minimum absolute atomic E-state index is 0.156. The van der Waals surface area contributed by atoms with Gasteiger partial charge < -0.3 is 10.2 Å². The molecule has 0 spiro atoms.